The van der Waals surface area contributed by atoms with Crippen LogP contribution in [0.5, 0.6) is 0 Å². The minimum Gasteiger partial charge on any atom is -0.468 e. The zero-order valence-electron chi connectivity index (χ0n) is 7.94. The van der Waals surface area contributed by atoms with Crippen molar-refractivity contribution in [3.63, 3.8) is 0 Å². The van der Waals surface area contributed by atoms with E-state index in [-0.39, 0.29) is 12.1 Å². The maximum atomic E-state index is 5.94. The monoisotopic (exact) mass is 180 g/mol. The summed E-state index contributed by atoms with van der Waals surface area (Å²) in [7, 11) is 0. The molecule has 0 bridgehead atoms. The predicted molar refractivity (Wildman–Crippen MR) is 51.3 cm³/mol. The normalized spacial score (nSPS) is 22.3. The molecular formula is C10H16N2O. The second-order valence-electron chi connectivity index (χ2n) is 3.71. The standard InChI is InChI=1S/C10H16N2O/c1-8(11)10(12-5-3-6-12)9-4-2-7-13-9/h2,4,7-8,10H,3,5-6,11H2,1H3. The molecule has 0 amide bonds. The topological polar surface area (TPSA) is 42.4 Å². The molecule has 0 radical (unpaired) electrons. The van der Waals surface area contributed by atoms with Crippen LogP contribution in [0.2, 0.25) is 0 Å². The molecule has 2 N–H and O–H groups in total. The van der Waals surface area contributed by atoms with Crippen LogP contribution >= 0.6 is 0 Å². The van der Waals surface area contributed by atoms with E-state index in [9.17, 15) is 0 Å². The highest BCUT2D eigenvalue weighted by molar-refractivity contribution is 5.08. The molecule has 0 aromatic carbocycles. The first kappa shape index (κ1) is 8.78. The van der Waals surface area contributed by atoms with Gasteiger partial charge in [-0.15, -0.1) is 0 Å². The quantitative estimate of drug-likeness (QED) is 0.764. The number of rotatable bonds is 3. The summed E-state index contributed by atoms with van der Waals surface area (Å²) in [4.78, 5) is 2.36. The molecule has 1 aromatic rings. The highest BCUT2D eigenvalue weighted by Gasteiger charge is 2.29. The Morgan fingerprint density at radius 1 is 1.54 bits per heavy atom. The van der Waals surface area contributed by atoms with Crippen LogP contribution in [0.1, 0.15) is 25.1 Å². The van der Waals surface area contributed by atoms with Gasteiger partial charge in [-0.05, 0) is 25.5 Å². The Morgan fingerprint density at radius 3 is 2.69 bits per heavy atom. The van der Waals surface area contributed by atoms with E-state index < -0.39 is 0 Å². The van der Waals surface area contributed by atoms with E-state index >= 15 is 0 Å². The maximum absolute atomic E-state index is 5.94. The zero-order valence-corrected chi connectivity index (χ0v) is 7.94. The average Bonchev–Trinajstić information content (AvgIpc) is 2.46. The summed E-state index contributed by atoms with van der Waals surface area (Å²) in [6.45, 7) is 4.32. The Labute approximate surface area is 78.5 Å². The minimum absolute atomic E-state index is 0.131. The van der Waals surface area contributed by atoms with Crippen molar-refractivity contribution < 1.29 is 4.42 Å². The van der Waals surface area contributed by atoms with Crippen LogP contribution in [0, 0.1) is 0 Å². The van der Waals surface area contributed by atoms with Crippen molar-refractivity contribution >= 4 is 0 Å². The van der Waals surface area contributed by atoms with Crippen molar-refractivity contribution in [3.8, 4) is 0 Å². The number of nitrogens with two attached hydrogens (primary N) is 1. The summed E-state index contributed by atoms with van der Waals surface area (Å²) in [5.41, 5.74) is 5.94. The Hall–Kier alpha value is -0.800. The summed E-state index contributed by atoms with van der Waals surface area (Å²) >= 11 is 0. The molecule has 1 aromatic heterocycles. The number of furan rings is 1. The van der Waals surface area contributed by atoms with Gasteiger partial charge in [0.25, 0.3) is 0 Å². The van der Waals surface area contributed by atoms with Crippen molar-refractivity contribution in [2.24, 2.45) is 5.73 Å². The van der Waals surface area contributed by atoms with Gasteiger partial charge in [0.1, 0.15) is 5.76 Å². The first-order valence-electron chi connectivity index (χ1n) is 4.82. The maximum Gasteiger partial charge on any atom is 0.122 e. The Bertz CT molecular complexity index is 252. The highest BCUT2D eigenvalue weighted by Crippen LogP contribution is 2.27. The van der Waals surface area contributed by atoms with E-state index in [0.29, 0.717) is 0 Å². The van der Waals surface area contributed by atoms with Crippen LogP contribution in [0.25, 0.3) is 0 Å². The second-order valence-corrected chi connectivity index (χ2v) is 3.71. The molecule has 3 nitrogen and oxygen atoms in total. The van der Waals surface area contributed by atoms with Gasteiger partial charge in [-0.3, -0.25) is 4.90 Å². The molecule has 72 valence electrons. The Balaban J connectivity index is 2.13. The molecule has 1 saturated heterocycles. The summed E-state index contributed by atoms with van der Waals surface area (Å²) in [6.07, 6.45) is 2.99. The number of nitrogens with zero attached hydrogens (tertiary/aromatic N) is 1. The minimum atomic E-state index is 0.131. The molecule has 1 aliphatic heterocycles. The van der Waals surface area contributed by atoms with Gasteiger partial charge in [0.05, 0.1) is 12.3 Å². The lowest BCUT2D eigenvalue weighted by molar-refractivity contribution is 0.0887. The summed E-state index contributed by atoms with van der Waals surface area (Å²) < 4.78 is 5.39. The number of hydrogen-bond donors (Lipinski definition) is 1. The Kier molecular flexibility index (Phi) is 2.38. The fourth-order valence-corrected chi connectivity index (χ4v) is 1.85. The van der Waals surface area contributed by atoms with Crippen LogP contribution in [-0.4, -0.2) is 24.0 Å². The van der Waals surface area contributed by atoms with E-state index in [0.717, 1.165) is 18.8 Å². The lowest BCUT2D eigenvalue weighted by atomic mass is 10.0. The third-order valence-corrected chi connectivity index (χ3v) is 2.62. The highest BCUT2D eigenvalue weighted by atomic mass is 16.3. The van der Waals surface area contributed by atoms with Gasteiger partial charge >= 0.3 is 0 Å². The molecule has 2 unspecified atom stereocenters. The molecule has 0 aliphatic carbocycles. The molecule has 0 saturated carbocycles. The average molecular weight is 180 g/mol. The first-order valence-corrected chi connectivity index (χ1v) is 4.82. The SMILES string of the molecule is CC(N)C(c1ccco1)N1CCC1. The summed E-state index contributed by atoms with van der Waals surface area (Å²) in [6, 6.07) is 4.33. The van der Waals surface area contributed by atoms with Crippen molar-refractivity contribution in [1.82, 2.24) is 4.90 Å². The van der Waals surface area contributed by atoms with Gasteiger partial charge in [0.15, 0.2) is 0 Å². The summed E-state index contributed by atoms with van der Waals surface area (Å²) in [5, 5.41) is 0. The number of likely N-dealkylation sites (tertiary alicyclic amines) is 1. The molecule has 2 atom stereocenters. The molecule has 2 rings (SSSR count). The van der Waals surface area contributed by atoms with Gasteiger partial charge in [0.2, 0.25) is 0 Å². The molecular weight excluding hydrogens is 164 g/mol. The fourth-order valence-electron chi connectivity index (χ4n) is 1.85. The van der Waals surface area contributed by atoms with Crippen LogP contribution in [-0.2, 0) is 0 Å². The Morgan fingerprint density at radius 2 is 2.31 bits per heavy atom. The van der Waals surface area contributed by atoms with E-state index in [1.165, 1.54) is 6.42 Å². The van der Waals surface area contributed by atoms with Crippen molar-refractivity contribution in [1.29, 1.82) is 0 Å². The molecule has 3 heteroatoms. The van der Waals surface area contributed by atoms with E-state index in [2.05, 4.69) is 4.90 Å². The zero-order chi connectivity index (χ0) is 9.26. The van der Waals surface area contributed by atoms with Crippen molar-refractivity contribution in [2.75, 3.05) is 13.1 Å². The van der Waals surface area contributed by atoms with Crippen LogP contribution in [0.4, 0.5) is 0 Å². The molecule has 13 heavy (non-hydrogen) atoms. The first-order chi connectivity index (χ1) is 6.29. The molecule has 2 heterocycles. The van der Waals surface area contributed by atoms with Crippen molar-refractivity contribution in [2.45, 2.75) is 25.4 Å². The molecule has 1 fully saturated rings. The van der Waals surface area contributed by atoms with Crippen molar-refractivity contribution in [3.05, 3.63) is 24.2 Å². The van der Waals surface area contributed by atoms with Gasteiger partial charge < -0.3 is 10.2 Å². The third kappa shape index (κ3) is 1.62. The fraction of sp³-hybridized carbons (Fsp3) is 0.600. The largest absolute Gasteiger partial charge is 0.468 e. The molecule has 0 spiro atoms. The smallest absolute Gasteiger partial charge is 0.122 e. The van der Waals surface area contributed by atoms with Gasteiger partial charge in [-0.1, -0.05) is 0 Å². The second kappa shape index (κ2) is 3.52. The lowest BCUT2D eigenvalue weighted by Crippen LogP contribution is -2.46. The van der Waals surface area contributed by atoms with Gasteiger partial charge in [0, 0.05) is 19.1 Å². The predicted octanol–water partition coefficient (Wildman–Crippen LogP) is 1.37. The van der Waals surface area contributed by atoms with Gasteiger partial charge in [-0.25, -0.2) is 0 Å². The summed E-state index contributed by atoms with van der Waals surface area (Å²) in [5.74, 6) is 0.995. The van der Waals surface area contributed by atoms with E-state index in [1.54, 1.807) is 6.26 Å². The van der Waals surface area contributed by atoms with Crippen LogP contribution < -0.4 is 5.73 Å². The van der Waals surface area contributed by atoms with Crippen LogP contribution in [0.15, 0.2) is 22.8 Å². The lowest BCUT2D eigenvalue weighted by Gasteiger charge is -2.39. The third-order valence-electron chi connectivity index (χ3n) is 2.62. The van der Waals surface area contributed by atoms with E-state index in [1.807, 2.05) is 19.1 Å². The van der Waals surface area contributed by atoms with Crippen LogP contribution in [0.3, 0.4) is 0 Å². The number of hydrogen-bond acceptors (Lipinski definition) is 3. The van der Waals surface area contributed by atoms with Gasteiger partial charge in [-0.2, -0.15) is 0 Å². The van der Waals surface area contributed by atoms with E-state index in [4.69, 9.17) is 10.2 Å². The molecule has 1 aliphatic rings.